The molecule has 0 bridgehead atoms. The highest BCUT2D eigenvalue weighted by molar-refractivity contribution is 6.03. The summed E-state index contributed by atoms with van der Waals surface area (Å²) in [6.45, 7) is 6.37. The van der Waals surface area contributed by atoms with Gasteiger partial charge in [-0.05, 0) is 31.9 Å². The van der Waals surface area contributed by atoms with E-state index in [1.807, 2.05) is 13.8 Å². The van der Waals surface area contributed by atoms with E-state index in [9.17, 15) is 9.59 Å². The van der Waals surface area contributed by atoms with Crippen molar-refractivity contribution in [3.8, 4) is 0 Å². The third-order valence-electron chi connectivity index (χ3n) is 4.23. The number of carbonyl (C=O) groups is 2. The molecule has 1 aromatic carbocycles. The number of benzene rings is 1. The van der Waals surface area contributed by atoms with Crippen molar-refractivity contribution < 1.29 is 19.1 Å². The van der Waals surface area contributed by atoms with Gasteiger partial charge in [-0.1, -0.05) is 64.5 Å². The van der Waals surface area contributed by atoms with Crippen molar-refractivity contribution in [3.63, 3.8) is 0 Å². The molecule has 4 nitrogen and oxygen atoms in total. The van der Waals surface area contributed by atoms with E-state index in [1.54, 1.807) is 24.3 Å². The molecule has 140 valence electrons. The van der Waals surface area contributed by atoms with Crippen LogP contribution >= 0.6 is 0 Å². The molecule has 1 rings (SSSR count). The van der Waals surface area contributed by atoms with Gasteiger partial charge in [0.25, 0.3) is 0 Å². The van der Waals surface area contributed by atoms with E-state index in [1.165, 1.54) is 32.1 Å². The molecule has 0 radical (unpaired) electrons. The van der Waals surface area contributed by atoms with E-state index in [-0.39, 0.29) is 17.2 Å². The van der Waals surface area contributed by atoms with Crippen molar-refractivity contribution in [2.24, 2.45) is 0 Å². The highest BCUT2D eigenvalue weighted by Crippen LogP contribution is 2.14. The summed E-state index contributed by atoms with van der Waals surface area (Å²) in [6.07, 6.45) is 8.71. The van der Waals surface area contributed by atoms with Gasteiger partial charge >= 0.3 is 11.9 Å². The van der Waals surface area contributed by atoms with Crippen LogP contribution in [0.4, 0.5) is 0 Å². The van der Waals surface area contributed by atoms with Crippen molar-refractivity contribution in [1.82, 2.24) is 0 Å². The number of rotatable bonds is 12. The van der Waals surface area contributed by atoms with Crippen LogP contribution in [0.25, 0.3) is 0 Å². The molecule has 1 aromatic rings. The molecule has 0 spiro atoms. The van der Waals surface area contributed by atoms with Gasteiger partial charge in [0.15, 0.2) is 0 Å². The Balaban J connectivity index is 2.44. The maximum Gasteiger partial charge on any atom is 0.339 e. The first kappa shape index (κ1) is 21.2. The van der Waals surface area contributed by atoms with Gasteiger partial charge in [0.2, 0.25) is 0 Å². The molecule has 0 aliphatic rings. The predicted molar refractivity (Wildman–Crippen MR) is 99.9 cm³/mol. The standard InChI is InChI=1S/C21H32O4/c1-4-6-7-8-9-10-13-16-24-20(22)18-14-11-12-15-19(18)21(23)25-17(3)5-2/h11-12,14-15,17H,4-10,13,16H2,1-3H3. The van der Waals surface area contributed by atoms with Gasteiger partial charge in [-0.25, -0.2) is 9.59 Å². The Morgan fingerprint density at radius 1 is 0.880 bits per heavy atom. The van der Waals surface area contributed by atoms with Crippen LogP contribution in [-0.4, -0.2) is 24.6 Å². The second kappa shape index (κ2) is 12.5. The zero-order valence-electron chi connectivity index (χ0n) is 15.9. The highest BCUT2D eigenvalue weighted by Gasteiger charge is 2.20. The van der Waals surface area contributed by atoms with Gasteiger partial charge in [0.1, 0.15) is 0 Å². The first-order chi connectivity index (χ1) is 12.1. The predicted octanol–water partition coefficient (Wildman–Crippen LogP) is 5.55. The van der Waals surface area contributed by atoms with Gasteiger partial charge in [0, 0.05) is 0 Å². The third-order valence-corrected chi connectivity index (χ3v) is 4.23. The second-order valence-corrected chi connectivity index (χ2v) is 6.43. The zero-order valence-corrected chi connectivity index (χ0v) is 15.9. The van der Waals surface area contributed by atoms with Crippen LogP contribution in [0, 0.1) is 0 Å². The maximum atomic E-state index is 12.3. The van der Waals surface area contributed by atoms with Gasteiger partial charge in [0.05, 0.1) is 23.8 Å². The fourth-order valence-corrected chi connectivity index (χ4v) is 2.47. The summed E-state index contributed by atoms with van der Waals surface area (Å²) in [5.41, 5.74) is 0.547. The Kier molecular flexibility index (Phi) is 10.6. The van der Waals surface area contributed by atoms with Crippen LogP contribution < -0.4 is 0 Å². The van der Waals surface area contributed by atoms with Crippen LogP contribution in [0.2, 0.25) is 0 Å². The Hall–Kier alpha value is -1.84. The minimum atomic E-state index is -0.474. The summed E-state index contributed by atoms with van der Waals surface area (Å²) in [6, 6.07) is 6.67. The fourth-order valence-electron chi connectivity index (χ4n) is 2.47. The van der Waals surface area contributed by atoms with Gasteiger partial charge in [-0.15, -0.1) is 0 Å². The molecule has 0 saturated carbocycles. The fraction of sp³-hybridized carbons (Fsp3) is 0.619. The van der Waals surface area contributed by atoms with E-state index < -0.39 is 11.9 Å². The van der Waals surface area contributed by atoms with E-state index >= 15 is 0 Å². The van der Waals surface area contributed by atoms with Crippen molar-refractivity contribution in [1.29, 1.82) is 0 Å². The summed E-state index contributed by atoms with van der Waals surface area (Å²) in [5, 5.41) is 0. The molecule has 1 atom stereocenters. The number of unbranched alkanes of at least 4 members (excludes halogenated alkanes) is 6. The van der Waals surface area contributed by atoms with E-state index in [2.05, 4.69) is 6.92 Å². The Bertz CT molecular complexity index is 524. The molecule has 1 unspecified atom stereocenters. The number of ether oxygens (including phenoxy) is 2. The average molecular weight is 348 g/mol. The number of esters is 2. The lowest BCUT2D eigenvalue weighted by Crippen LogP contribution is -2.18. The average Bonchev–Trinajstić information content (AvgIpc) is 2.63. The van der Waals surface area contributed by atoms with E-state index in [0.29, 0.717) is 6.61 Å². The minimum absolute atomic E-state index is 0.177. The minimum Gasteiger partial charge on any atom is -0.462 e. The van der Waals surface area contributed by atoms with Crippen LogP contribution in [0.5, 0.6) is 0 Å². The zero-order chi connectivity index (χ0) is 18.5. The first-order valence-electron chi connectivity index (χ1n) is 9.57. The lowest BCUT2D eigenvalue weighted by atomic mass is 10.1. The molecule has 0 N–H and O–H groups in total. The van der Waals surface area contributed by atoms with Crippen molar-refractivity contribution >= 4 is 11.9 Å². The summed E-state index contributed by atoms with van der Waals surface area (Å²) in [4.78, 5) is 24.5. The van der Waals surface area contributed by atoms with Gasteiger partial charge < -0.3 is 9.47 Å². The van der Waals surface area contributed by atoms with Crippen molar-refractivity contribution in [2.75, 3.05) is 6.61 Å². The lowest BCUT2D eigenvalue weighted by molar-refractivity contribution is 0.0321. The summed E-state index contributed by atoms with van der Waals surface area (Å²) in [5.74, 6) is -0.930. The number of carbonyl (C=O) groups excluding carboxylic acids is 2. The normalized spacial score (nSPS) is 11.8. The molecular formula is C21H32O4. The molecule has 0 fully saturated rings. The van der Waals surface area contributed by atoms with Crippen LogP contribution in [0.15, 0.2) is 24.3 Å². The van der Waals surface area contributed by atoms with E-state index in [0.717, 1.165) is 19.3 Å². The molecule has 4 heteroatoms. The Morgan fingerprint density at radius 3 is 2.04 bits per heavy atom. The third kappa shape index (κ3) is 8.19. The molecular weight excluding hydrogens is 316 g/mol. The maximum absolute atomic E-state index is 12.3. The van der Waals surface area contributed by atoms with Crippen LogP contribution in [0.1, 0.15) is 92.9 Å². The highest BCUT2D eigenvalue weighted by atomic mass is 16.5. The summed E-state index contributed by atoms with van der Waals surface area (Å²) >= 11 is 0. The lowest BCUT2D eigenvalue weighted by Gasteiger charge is -2.13. The SMILES string of the molecule is CCCCCCCCCOC(=O)c1ccccc1C(=O)OC(C)CC. The molecule has 0 aliphatic carbocycles. The quantitative estimate of drug-likeness (QED) is 0.367. The van der Waals surface area contributed by atoms with Crippen LogP contribution in [-0.2, 0) is 9.47 Å². The first-order valence-corrected chi connectivity index (χ1v) is 9.57. The van der Waals surface area contributed by atoms with Crippen molar-refractivity contribution in [3.05, 3.63) is 35.4 Å². The molecule has 0 heterocycles. The molecule has 0 saturated heterocycles. The second-order valence-electron chi connectivity index (χ2n) is 6.43. The monoisotopic (exact) mass is 348 g/mol. The Labute approximate surface area is 151 Å². The summed E-state index contributed by atoms with van der Waals surface area (Å²) < 4.78 is 10.7. The van der Waals surface area contributed by atoms with Gasteiger partial charge in [-0.2, -0.15) is 0 Å². The molecule has 0 amide bonds. The number of hydrogen-bond acceptors (Lipinski definition) is 4. The summed E-state index contributed by atoms with van der Waals surface area (Å²) in [7, 11) is 0. The van der Waals surface area contributed by atoms with Gasteiger partial charge in [-0.3, -0.25) is 0 Å². The van der Waals surface area contributed by atoms with E-state index in [4.69, 9.17) is 9.47 Å². The Morgan fingerprint density at radius 2 is 1.44 bits per heavy atom. The van der Waals surface area contributed by atoms with Crippen molar-refractivity contribution in [2.45, 2.75) is 78.2 Å². The van der Waals surface area contributed by atoms with Crippen LogP contribution in [0.3, 0.4) is 0 Å². The smallest absolute Gasteiger partial charge is 0.339 e. The molecule has 0 aliphatic heterocycles. The molecule has 0 aromatic heterocycles. The number of hydrogen-bond donors (Lipinski definition) is 0. The largest absolute Gasteiger partial charge is 0.462 e. The molecule has 25 heavy (non-hydrogen) atoms. The topological polar surface area (TPSA) is 52.6 Å².